The zero-order valence-corrected chi connectivity index (χ0v) is 11.2. The van der Waals surface area contributed by atoms with E-state index >= 15 is 0 Å². The molecule has 0 saturated carbocycles. The van der Waals surface area contributed by atoms with Crippen molar-refractivity contribution in [1.82, 2.24) is 4.90 Å². The Labute approximate surface area is 106 Å². The molecule has 2 heterocycles. The molecule has 2 aliphatic heterocycles. The Balaban J connectivity index is 2.00. The molecule has 0 aromatic heterocycles. The molecule has 2 atom stereocenters. The molecule has 4 heteroatoms. The molecule has 1 amide bonds. The Hall–Kier alpha value is -0.150. The monoisotopic (exact) mass is 259 g/mol. The maximum absolute atomic E-state index is 12.3. The first-order chi connectivity index (χ1) is 7.72. The first kappa shape index (κ1) is 12.3. The second-order valence-electron chi connectivity index (χ2n) is 4.37. The fourth-order valence-electron chi connectivity index (χ4n) is 2.24. The lowest BCUT2D eigenvalue weighted by molar-refractivity contribution is -0.134. The summed E-state index contributed by atoms with van der Waals surface area (Å²) < 4.78 is -0.0932. The van der Waals surface area contributed by atoms with Crippen molar-refractivity contribution in [2.45, 2.75) is 37.3 Å². The largest absolute Gasteiger partial charge is 0.342 e. The molecule has 0 aromatic carbocycles. The van der Waals surface area contributed by atoms with Gasteiger partial charge in [0.25, 0.3) is 0 Å². The van der Waals surface area contributed by atoms with Crippen molar-refractivity contribution >= 4 is 29.3 Å². The first-order valence-corrected chi connectivity index (χ1v) is 7.34. The molecule has 2 unspecified atom stereocenters. The van der Waals surface area contributed by atoms with E-state index in [1.165, 1.54) is 11.3 Å². The minimum Gasteiger partial charge on any atom is -0.342 e. The molecule has 0 bridgehead atoms. The minimum absolute atomic E-state index is 0.0932. The molecule has 0 aliphatic carbocycles. The van der Waals surface area contributed by atoms with Gasteiger partial charge in [-0.05, 0) is 30.6 Å². The molecule has 0 N–H and O–H groups in total. The van der Waals surface area contributed by atoms with Crippen LogP contribution in [-0.2, 0) is 4.79 Å². The van der Waals surface area contributed by atoms with Gasteiger partial charge in [0.1, 0.15) is 0 Å². The molecule has 0 spiro atoms. The first-order valence-electron chi connectivity index (χ1n) is 6.02. The molecule has 0 radical (unpaired) electrons. The molecule has 16 heavy (non-hydrogen) atoms. The van der Waals surface area contributed by atoms with Crippen LogP contribution in [0.2, 0.25) is 0 Å². The summed E-state index contributed by atoms with van der Waals surface area (Å²) in [7, 11) is 0. The zero-order valence-electron chi connectivity index (χ0n) is 9.62. The van der Waals surface area contributed by atoms with Gasteiger partial charge in [0, 0.05) is 13.1 Å². The highest BCUT2D eigenvalue weighted by Crippen LogP contribution is 2.41. The number of thioether (sulfide) groups is 1. The van der Waals surface area contributed by atoms with Crippen LogP contribution in [0.4, 0.5) is 0 Å². The topological polar surface area (TPSA) is 20.3 Å². The van der Waals surface area contributed by atoms with Crippen LogP contribution in [-0.4, -0.2) is 28.6 Å². The number of hydrogen-bond donors (Lipinski definition) is 0. The number of hydrogen-bond acceptors (Lipinski definition) is 2. The van der Waals surface area contributed by atoms with Gasteiger partial charge in [-0.3, -0.25) is 4.79 Å². The Bertz CT molecular complexity index is 299. The third-order valence-electron chi connectivity index (χ3n) is 3.21. The van der Waals surface area contributed by atoms with Crippen LogP contribution >= 0.6 is 23.4 Å². The van der Waals surface area contributed by atoms with E-state index in [0.29, 0.717) is 0 Å². The van der Waals surface area contributed by atoms with Gasteiger partial charge in [-0.15, -0.1) is 23.4 Å². The van der Waals surface area contributed by atoms with Gasteiger partial charge in [-0.2, -0.15) is 0 Å². The number of carbonyl (C=O) groups excluding carboxylic acids is 1. The number of rotatable bonds is 2. The SMILES string of the molecule is CCC1=CC(C(=O)N2CCCCC2)C(Cl)S1. The lowest BCUT2D eigenvalue weighted by Gasteiger charge is -2.29. The van der Waals surface area contributed by atoms with E-state index in [2.05, 4.69) is 13.0 Å². The van der Waals surface area contributed by atoms with Crippen LogP contribution in [0.5, 0.6) is 0 Å². The quantitative estimate of drug-likeness (QED) is 0.710. The van der Waals surface area contributed by atoms with Crippen molar-refractivity contribution < 1.29 is 4.79 Å². The number of carbonyl (C=O) groups is 1. The molecule has 2 rings (SSSR count). The summed E-state index contributed by atoms with van der Waals surface area (Å²) >= 11 is 7.87. The Kier molecular flexibility index (Phi) is 4.20. The lowest BCUT2D eigenvalue weighted by atomic mass is 10.1. The van der Waals surface area contributed by atoms with E-state index in [0.717, 1.165) is 32.4 Å². The molecule has 2 nitrogen and oxygen atoms in total. The molecular weight excluding hydrogens is 242 g/mol. The van der Waals surface area contributed by atoms with E-state index in [4.69, 9.17) is 11.6 Å². The summed E-state index contributed by atoms with van der Waals surface area (Å²) in [5, 5.41) is 0. The molecule has 2 aliphatic rings. The highest BCUT2D eigenvalue weighted by atomic mass is 35.5. The number of alkyl halides is 1. The zero-order chi connectivity index (χ0) is 11.5. The predicted molar refractivity (Wildman–Crippen MR) is 69.5 cm³/mol. The van der Waals surface area contributed by atoms with Crippen LogP contribution in [0.1, 0.15) is 32.6 Å². The number of likely N-dealkylation sites (tertiary alicyclic amines) is 1. The summed E-state index contributed by atoms with van der Waals surface area (Å²) in [6.45, 7) is 3.94. The molecular formula is C12H18ClNOS. The third kappa shape index (κ3) is 2.57. The van der Waals surface area contributed by atoms with Gasteiger partial charge in [0.15, 0.2) is 0 Å². The maximum atomic E-state index is 12.3. The fraction of sp³-hybridized carbons (Fsp3) is 0.750. The Morgan fingerprint density at radius 2 is 2.19 bits per heavy atom. The molecule has 1 saturated heterocycles. The average molecular weight is 260 g/mol. The van der Waals surface area contributed by atoms with Crippen molar-refractivity contribution in [3.05, 3.63) is 11.0 Å². The molecule has 1 fully saturated rings. The minimum atomic E-state index is -0.0975. The number of halogens is 1. The Morgan fingerprint density at radius 3 is 2.75 bits per heavy atom. The number of nitrogens with zero attached hydrogens (tertiary/aromatic N) is 1. The second-order valence-corrected chi connectivity index (χ2v) is 6.36. The van der Waals surface area contributed by atoms with Crippen molar-refractivity contribution in [2.75, 3.05) is 13.1 Å². The van der Waals surface area contributed by atoms with Crippen molar-refractivity contribution in [3.63, 3.8) is 0 Å². The van der Waals surface area contributed by atoms with Crippen LogP contribution in [0.15, 0.2) is 11.0 Å². The third-order valence-corrected chi connectivity index (χ3v) is 5.00. The van der Waals surface area contributed by atoms with E-state index in [-0.39, 0.29) is 16.5 Å². The number of allylic oxidation sites excluding steroid dienone is 1. The normalized spacial score (nSPS) is 30.4. The van der Waals surface area contributed by atoms with Gasteiger partial charge < -0.3 is 4.90 Å². The standard InChI is InChI=1S/C12H18ClNOS/c1-2-9-8-10(11(13)16-9)12(15)14-6-4-3-5-7-14/h8,10-11H,2-7H2,1H3. The van der Waals surface area contributed by atoms with Crippen molar-refractivity contribution in [3.8, 4) is 0 Å². The summed E-state index contributed by atoms with van der Waals surface area (Å²) in [5.41, 5.74) is 0. The van der Waals surface area contributed by atoms with Crippen LogP contribution in [0.25, 0.3) is 0 Å². The maximum Gasteiger partial charge on any atom is 0.231 e. The van der Waals surface area contributed by atoms with E-state index in [1.54, 1.807) is 11.8 Å². The predicted octanol–water partition coefficient (Wildman–Crippen LogP) is 3.22. The van der Waals surface area contributed by atoms with E-state index in [9.17, 15) is 4.79 Å². The van der Waals surface area contributed by atoms with E-state index < -0.39 is 0 Å². The molecule has 0 aromatic rings. The highest BCUT2D eigenvalue weighted by molar-refractivity contribution is 8.05. The molecule has 90 valence electrons. The van der Waals surface area contributed by atoms with Gasteiger partial charge in [0.05, 0.1) is 10.6 Å². The summed E-state index contributed by atoms with van der Waals surface area (Å²) in [6, 6.07) is 0. The Morgan fingerprint density at radius 1 is 1.50 bits per heavy atom. The smallest absolute Gasteiger partial charge is 0.231 e. The van der Waals surface area contributed by atoms with Crippen molar-refractivity contribution in [1.29, 1.82) is 0 Å². The van der Waals surface area contributed by atoms with Gasteiger partial charge >= 0.3 is 0 Å². The van der Waals surface area contributed by atoms with Crippen LogP contribution < -0.4 is 0 Å². The van der Waals surface area contributed by atoms with Gasteiger partial charge in [-0.1, -0.05) is 13.0 Å². The van der Waals surface area contributed by atoms with Crippen molar-refractivity contribution in [2.24, 2.45) is 5.92 Å². The number of amides is 1. The second kappa shape index (κ2) is 5.46. The van der Waals surface area contributed by atoms with Crippen LogP contribution in [0.3, 0.4) is 0 Å². The summed E-state index contributed by atoms with van der Waals surface area (Å²) in [5.74, 6) is 0.135. The van der Waals surface area contributed by atoms with E-state index in [1.807, 2.05) is 4.90 Å². The van der Waals surface area contributed by atoms with Crippen LogP contribution in [0, 0.1) is 5.92 Å². The summed E-state index contributed by atoms with van der Waals surface area (Å²) in [4.78, 5) is 15.5. The van der Waals surface area contributed by atoms with Gasteiger partial charge in [-0.25, -0.2) is 0 Å². The van der Waals surface area contributed by atoms with Gasteiger partial charge in [0.2, 0.25) is 5.91 Å². The highest BCUT2D eigenvalue weighted by Gasteiger charge is 2.34. The number of piperidine rings is 1. The fourth-order valence-corrected chi connectivity index (χ4v) is 3.79. The lowest BCUT2D eigenvalue weighted by Crippen LogP contribution is -2.40. The average Bonchev–Trinajstić information content (AvgIpc) is 2.71. The summed E-state index contributed by atoms with van der Waals surface area (Å²) in [6.07, 6.45) is 6.59.